The highest BCUT2D eigenvalue weighted by atomic mass is 32.1. The van der Waals surface area contributed by atoms with Crippen molar-refractivity contribution in [3.63, 3.8) is 0 Å². The van der Waals surface area contributed by atoms with Crippen LogP contribution < -0.4 is 0 Å². The molecule has 0 bridgehead atoms. The van der Waals surface area contributed by atoms with Gasteiger partial charge in [0, 0.05) is 36.9 Å². The molecule has 0 saturated heterocycles. The van der Waals surface area contributed by atoms with Crippen LogP contribution in [0.15, 0.2) is 176 Å². The molecule has 0 saturated carbocycles. The summed E-state index contributed by atoms with van der Waals surface area (Å²) in [7, 11) is 0. The number of rotatable bonds is 6. The van der Waals surface area contributed by atoms with E-state index in [4.69, 9.17) is 24.5 Å². The molecule has 0 spiro atoms. The minimum Gasteiger partial charge on any atom is -0.208 e. The standard InChI is InChI=1S/C45H29N3S/c1-3-11-30(12-4-1)31-21-25-34(26-22-31)44-46-43(33-13-5-2-6-14-33)47-45(48-44)35-27-23-32(24-28-35)36-15-9-16-37(29-36)38-18-10-19-40-39-17-7-8-20-41(39)49-42(38)40/h1-29H/i7D,8D,10D,17D,18D,19D,20D. The minimum atomic E-state index is -0.391. The van der Waals surface area contributed by atoms with Crippen molar-refractivity contribution in [1.29, 1.82) is 0 Å². The summed E-state index contributed by atoms with van der Waals surface area (Å²) in [4.78, 5) is 14.7. The molecule has 9 aromatic rings. The molecule has 49 heavy (non-hydrogen) atoms. The predicted octanol–water partition coefficient (Wildman–Crippen LogP) is 12.2. The summed E-state index contributed by atoms with van der Waals surface area (Å²) in [6.45, 7) is 0. The lowest BCUT2D eigenvalue weighted by Crippen LogP contribution is -2.00. The zero-order valence-corrected chi connectivity index (χ0v) is 26.8. The van der Waals surface area contributed by atoms with Crippen LogP contribution in [0.2, 0.25) is 0 Å². The molecule has 0 radical (unpaired) electrons. The molecule has 0 aliphatic heterocycles. The third-order valence-electron chi connectivity index (χ3n) is 8.48. The highest BCUT2D eigenvalue weighted by molar-refractivity contribution is 7.26. The summed E-state index contributed by atoms with van der Waals surface area (Å²) in [5.74, 6) is 1.65. The Morgan fingerprint density at radius 3 is 1.51 bits per heavy atom. The summed E-state index contributed by atoms with van der Waals surface area (Å²) in [6, 6.07) is 41.9. The summed E-state index contributed by atoms with van der Waals surface area (Å²) in [6.07, 6.45) is 0. The first kappa shape index (κ1) is 22.4. The Hall–Kier alpha value is -6.23. The maximum Gasteiger partial charge on any atom is 0.164 e. The van der Waals surface area contributed by atoms with Crippen LogP contribution in [0.4, 0.5) is 0 Å². The van der Waals surface area contributed by atoms with Gasteiger partial charge in [0.2, 0.25) is 0 Å². The Bertz CT molecular complexity index is 2970. The lowest BCUT2D eigenvalue weighted by molar-refractivity contribution is 1.07. The van der Waals surface area contributed by atoms with Crippen LogP contribution in [0.25, 0.3) is 87.7 Å². The van der Waals surface area contributed by atoms with Crippen molar-refractivity contribution in [1.82, 2.24) is 15.0 Å². The molecule has 230 valence electrons. The van der Waals surface area contributed by atoms with Crippen molar-refractivity contribution in [2.24, 2.45) is 0 Å². The quantitative estimate of drug-likeness (QED) is 0.180. The number of benzene rings is 7. The molecular weight excluding hydrogens is 615 g/mol. The van der Waals surface area contributed by atoms with Crippen LogP contribution in [0, 0.1) is 0 Å². The SMILES string of the molecule is [2H]c1c([2H])c([2H])c2c(sc3c(-c4cccc(-c5ccc(-c6nc(-c7ccccc7)nc(-c7ccc(-c8ccccc8)cc7)n6)cc5)c4)c([2H])c([2H])c([2H])c32)c1[2H]. The van der Waals surface area contributed by atoms with Gasteiger partial charge in [-0.25, -0.2) is 15.0 Å². The van der Waals surface area contributed by atoms with Crippen LogP contribution in [0.5, 0.6) is 0 Å². The van der Waals surface area contributed by atoms with E-state index in [-0.39, 0.29) is 47.0 Å². The van der Waals surface area contributed by atoms with Gasteiger partial charge in [-0.05, 0) is 45.5 Å². The van der Waals surface area contributed by atoms with Gasteiger partial charge in [0.05, 0.1) is 9.60 Å². The van der Waals surface area contributed by atoms with Gasteiger partial charge in [0.15, 0.2) is 17.5 Å². The topological polar surface area (TPSA) is 38.7 Å². The molecule has 4 heteroatoms. The van der Waals surface area contributed by atoms with E-state index in [9.17, 15) is 0 Å². The molecule has 0 fully saturated rings. The first-order valence-electron chi connectivity index (χ1n) is 19.3. The number of fused-ring (bicyclic) bond motifs is 3. The smallest absolute Gasteiger partial charge is 0.164 e. The summed E-state index contributed by atoms with van der Waals surface area (Å²) in [5, 5.41) is 0.477. The highest BCUT2D eigenvalue weighted by Crippen LogP contribution is 2.40. The van der Waals surface area contributed by atoms with E-state index in [0.29, 0.717) is 38.0 Å². The average molecular weight is 651 g/mol. The highest BCUT2D eigenvalue weighted by Gasteiger charge is 2.14. The second-order valence-electron chi connectivity index (χ2n) is 11.5. The van der Waals surface area contributed by atoms with Crippen LogP contribution in [-0.4, -0.2) is 15.0 Å². The van der Waals surface area contributed by atoms with Crippen molar-refractivity contribution in [2.75, 3.05) is 0 Å². The fraction of sp³-hybridized carbons (Fsp3) is 0. The maximum absolute atomic E-state index is 8.94. The zero-order valence-electron chi connectivity index (χ0n) is 33.0. The number of nitrogens with zero attached hydrogens (tertiary/aromatic N) is 3. The first-order chi connectivity index (χ1) is 27.2. The fourth-order valence-electron chi connectivity index (χ4n) is 5.99. The van der Waals surface area contributed by atoms with Crippen LogP contribution in [-0.2, 0) is 0 Å². The van der Waals surface area contributed by atoms with E-state index in [0.717, 1.165) is 50.3 Å². The fourth-order valence-corrected chi connectivity index (χ4v) is 7.08. The normalized spacial score (nSPS) is 13.3. The van der Waals surface area contributed by atoms with E-state index in [1.54, 1.807) is 0 Å². The first-order valence-corrected chi connectivity index (χ1v) is 16.6. The van der Waals surface area contributed by atoms with Crippen molar-refractivity contribution in [2.45, 2.75) is 0 Å². The van der Waals surface area contributed by atoms with Crippen LogP contribution >= 0.6 is 11.3 Å². The third kappa shape index (κ3) is 5.58. The summed E-state index contributed by atoms with van der Waals surface area (Å²) < 4.78 is 60.7. The average Bonchev–Trinajstić information content (AvgIpc) is 3.65. The van der Waals surface area contributed by atoms with E-state index < -0.39 is 6.04 Å². The van der Waals surface area contributed by atoms with E-state index in [2.05, 4.69) is 24.3 Å². The van der Waals surface area contributed by atoms with Gasteiger partial charge < -0.3 is 0 Å². The van der Waals surface area contributed by atoms with E-state index in [1.165, 1.54) is 0 Å². The molecule has 0 atom stereocenters. The molecular formula is C45H29N3S. The number of aromatic nitrogens is 3. The molecule has 3 nitrogen and oxygen atoms in total. The third-order valence-corrected chi connectivity index (χ3v) is 9.60. The minimum absolute atomic E-state index is 0.133. The molecule has 9 rings (SSSR count). The Kier molecular flexibility index (Phi) is 5.67. The van der Waals surface area contributed by atoms with Gasteiger partial charge in [0.1, 0.15) is 0 Å². The Balaban J connectivity index is 1.11. The van der Waals surface area contributed by atoms with Crippen LogP contribution in [0.1, 0.15) is 9.60 Å². The zero-order chi connectivity index (χ0) is 38.7. The lowest BCUT2D eigenvalue weighted by Gasteiger charge is -2.10. The molecule has 2 aromatic heterocycles. The second-order valence-corrected chi connectivity index (χ2v) is 12.6. The largest absolute Gasteiger partial charge is 0.208 e. The van der Waals surface area contributed by atoms with E-state index >= 15 is 0 Å². The van der Waals surface area contributed by atoms with Gasteiger partial charge in [-0.15, -0.1) is 11.3 Å². The Labute approximate surface area is 298 Å². The Morgan fingerprint density at radius 2 is 0.857 bits per heavy atom. The van der Waals surface area contributed by atoms with Gasteiger partial charge >= 0.3 is 0 Å². The summed E-state index contributed by atoms with van der Waals surface area (Å²) in [5.41, 5.74) is 7.58. The van der Waals surface area contributed by atoms with E-state index in [1.807, 2.05) is 109 Å². The number of hydrogen-bond acceptors (Lipinski definition) is 4. The van der Waals surface area contributed by atoms with Crippen molar-refractivity contribution in [3.05, 3.63) is 176 Å². The number of hydrogen-bond donors (Lipinski definition) is 0. The molecule has 0 unspecified atom stereocenters. The lowest BCUT2D eigenvalue weighted by atomic mass is 9.97. The predicted molar refractivity (Wildman–Crippen MR) is 205 cm³/mol. The monoisotopic (exact) mass is 650 g/mol. The number of thiophene rings is 1. The van der Waals surface area contributed by atoms with Crippen LogP contribution in [0.3, 0.4) is 0 Å². The van der Waals surface area contributed by atoms with Crippen molar-refractivity contribution in [3.8, 4) is 67.5 Å². The van der Waals surface area contributed by atoms with Crippen molar-refractivity contribution < 1.29 is 9.60 Å². The maximum atomic E-state index is 8.94. The molecule has 0 aliphatic rings. The molecule has 2 heterocycles. The van der Waals surface area contributed by atoms with Gasteiger partial charge in [-0.3, -0.25) is 0 Å². The molecule has 0 amide bonds. The van der Waals surface area contributed by atoms with Gasteiger partial charge in [-0.1, -0.05) is 164 Å². The van der Waals surface area contributed by atoms with Crippen molar-refractivity contribution >= 4 is 31.5 Å². The second kappa shape index (κ2) is 12.4. The van der Waals surface area contributed by atoms with Gasteiger partial charge in [0.25, 0.3) is 0 Å². The molecule has 7 aromatic carbocycles. The molecule has 0 N–H and O–H groups in total. The summed E-state index contributed by atoms with van der Waals surface area (Å²) >= 11 is 1.13. The van der Waals surface area contributed by atoms with Gasteiger partial charge in [-0.2, -0.15) is 0 Å². The molecule has 0 aliphatic carbocycles. The Morgan fingerprint density at radius 1 is 0.388 bits per heavy atom.